The van der Waals surface area contributed by atoms with E-state index in [1.165, 1.54) is 6.07 Å². The lowest BCUT2D eigenvalue weighted by atomic mass is 9.94. The van der Waals surface area contributed by atoms with Crippen LogP contribution in [-0.4, -0.2) is 42.0 Å². The van der Waals surface area contributed by atoms with Gasteiger partial charge in [-0.2, -0.15) is 0 Å². The molecule has 30 heavy (non-hydrogen) atoms. The monoisotopic (exact) mass is 411 g/mol. The molecule has 2 aliphatic heterocycles. The maximum Gasteiger partial charge on any atom is 0.254 e. The minimum Gasteiger partial charge on any atom is -0.492 e. The van der Waals surface area contributed by atoms with Crippen molar-refractivity contribution in [1.82, 2.24) is 15.2 Å². The first-order valence-corrected chi connectivity index (χ1v) is 10.2. The molecule has 0 bridgehead atoms. The molecule has 3 heterocycles. The van der Waals surface area contributed by atoms with Gasteiger partial charge in [-0.25, -0.2) is 8.78 Å². The molecule has 1 atom stereocenters. The molecule has 0 saturated carbocycles. The van der Waals surface area contributed by atoms with E-state index in [0.717, 1.165) is 53.5 Å². The van der Waals surface area contributed by atoms with Crippen molar-refractivity contribution in [1.29, 1.82) is 0 Å². The summed E-state index contributed by atoms with van der Waals surface area (Å²) in [5.74, 6) is -0.270. The lowest BCUT2D eigenvalue weighted by Crippen LogP contribution is -2.40. The highest BCUT2D eigenvalue weighted by Gasteiger charge is 2.32. The Balaban J connectivity index is 1.21. The van der Waals surface area contributed by atoms with E-state index in [-0.39, 0.29) is 11.9 Å². The van der Waals surface area contributed by atoms with Crippen LogP contribution in [0.5, 0.6) is 5.75 Å². The number of aromatic nitrogens is 1. The first-order chi connectivity index (χ1) is 14.5. The fourth-order valence-electron chi connectivity index (χ4n) is 4.56. The zero-order chi connectivity index (χ0) is 20.8. The minimum absolute atomic E-state index is 0.0601. The van der Waals surface area contributed by atoms with Crippen LogP contribution in [0.2, 0.25) is 0 Å². The summed E-state index contributed by atoms with van der Waals surface area (Å²) in [4.78, 5) is 17.1. The summed E-state index contributed by atoms with van der Waals surface area (Å²) in [7, 11) is 1.82. The fraction of sp³-hybridized carbons (Fsp3) is 0.348. The zero-order valence-electron chi connectivity index (χ0n) is 16.7. The van der Waals surface area contributed by atoms with Crippen LogP contribution in [0.15, 0.2) is 30.5 Å². The number of hydrogen-bond acceptors (Lipinski definition) is 3. The SMILES string of the molecule is CN1Cc2ccc3c(c2C1=O)CC(NCCCc1c[nH]c2c(F)cc(F)cc12)CO3. The normalized spacial score (nSPS) is 17.9. The van der Waals surface area contributed by atoms with Crippen molar-refractivity contribution in [3.8, 4) is 5.75 Å². The summed E-state index contributed by atoms with van der Waals surface area (Å²) in [5, 5.41) is 4.10. The average Bonchev–Trinajstić information content (AvgIpc) is 3.26. The van der Waals surface area contributed by atoms with E-state index in [1.807, 2.05) is 19.2 Å². The van der Waals surface area contributed by atoms with E-state index in [1.54, 1.807) is 11.1 Å². The maximum absolute atomic E-state index is 13.8. The van der Waals surface area contributed by atoms with E-state index in [2.05, 4.69) is 10.3 Å². The largest absolute Gasteiger partial charge is 0.492 e. The number of nitrogens with zero attached hydrogens (tertiary/aromatic N) is 1. The lowest BCUT2D eigenvalue weighted by molar-refractivity contribution is 0.0814. The van der Waals surface area contributed by atoms with Crippen LogP contribution in [-0.2, 0) is 19.4 Å². The number of halogens is 2. The van der Waals surface area contributed by atoms with Gasteiger partial charge in [0.15, 0.2) is 0 Å². The van der Waals surface area contributed by atoms with E-state index in [9.17, 15) is 13.6 Å². The van der Waals surface area contributed by atoms with Gasteiger partial charge in [0, 0.05) is 42.8 Å². The molecule has 7 heteroatoms. The Hall–Kier alpha value is -2.93. The number of carbonyl (C=O) groups excluding carboxylic acids is 1. The quantitative estimate of drug-likeness (QED) is 0.632. The molecule has 0 radical (unpaired) electrons. The molecule has 2 aromatic carbocycles. The number of aryl methyl sites for hydroxylation is 1. The van der Waals surface area contributed by atoms with Gasteiger partial charge >= 0.3 is 0 Å². The summed E-state index contributed by atoms with van der Waals surface area (Å²) >= 11 is 0. The van der Waals surface area contributed by atoms with Gasteiger partial charge < -0.3 is 19.9 Å². The summed E-state index contributed by atoms with van der Waals surface area (Å²) in [6, 6.07) is 6.34. The molecule has 1 unspecified atom stereocenters. The van der Waals surface area contributed by atoms with Crippen LogP contribution < -0.4 is 10.1 Å². The van der Waals surface area contributed by atoms with E-state index in [4.69, 9.17) is 4.74 Å². The van der Waals surface area contributed by atoms with Crippen molar-refractivity contribution >= 4 is 16.8 Å². The molecule has 2 aliphatic rings. The van der Waals surface area contributed by atoms with Crippen LogP contribution in [0.3, 0.4) is 0 Å². The number of H-pyrrole nitrogens is 1. The molecule has 5 rings (SSSR count). The Morgan fingerprint density at radius 2 is 2.17 bits per heavy atom. The second-order valence-corrected chi connectivity index (χ2v) is 8.13. The van der Waals surface area contributed by atoms with Gasteiger partial charge in [0.05, 0.1) is 11.1 Å². The van der Waals surface area contributed by atoms with Gasteiger partial charge in [0.25, 0.3) is 5.91 Å². The predicted molar refractivity (Wildman–Crippen MR) is 110 cm³/mol. The molecule has 1 amide bonds. The molecule has 0 spiro atoms. The fourth-order valence-corrected chi connectivity index (χ4v) is 4.56. The number of ether oxygens (including phenoxy) is 1. The topological polar surface area (TPSA) is 57.4 Å². The van der Waals surface area contributed by atoms with E-state index >= 15 is 0 Å². The second-order valence-electron chi connectivity index (χ2n) is 8.13. The van der Waals surface area contributed by atoms with Crippen molar-refractivity contribution in [2.75, 3.05) is 20.2 Å². The number of rotatable bonds is 5. The molecule has 1 aromatic heterocycles. The number of nitrogens with one attached hydrogen (secondary N) is 2. The Bertz CT molecular complexity index is 1140. The standard InChI is InChI=1S/C23H23F2N3O2/c1-28-11-14-4-5-20-18(21(14)23(28)29)9-16(12-30-20)26-6-2-3-13-10-27-22-17(13)7-15(24)8-19(22)25/h4-5,7-8,10,16,26-27H,2-3,6,9,11-12H2,1H3. The van der Waals surface area contributed by atoms with Gasteiger partial charge in [-0.3, -0.25) is 4.79 Å². The maximum atomic E-state index is 13.8. The van der Waals surface area contributed by atoms with Crippen LogP contribution in [0.1, 0.15) is 33.5 Å². The second kappa shape index (κ2) is 7.40. The molecular weight excluding hydrogens is 388 g/mol. The predicted octanol–water partition coefficient (Wildman–Crippen LogP) is 3.56. The number of hydrogen-bond donors (Lipinski definition) is 2. The first-order valence-electron chi connectivity index (χ1n) is 10.2. The Morgan fingerprint density at radius 3 is 3.03 bits per heavy atom. The molecule has 3 aromatic rings. The third kappa shape index (κ3) is 3.23. The molecule has 0 saturated heterocycles. The van der Waals surface area contributed by atoms with Crippen molar-refractivity contribution in [2.45, 2.75) is 31.8 Å². The Kier molecular flexibility index (Phi) is 4.70. The highest BCUT2D eigenvalue weighted by molar-refractivity contribution is 6.00. The van der Waals surface area contributed by atoms with Gasteiger partial charge in [-0.1, -0.05) is 6.07 Å². The average molecular weight is 411 g/mol. The first kappa shape index (κ1) is 19.1. The molecule has 2 N–H and O–H groups in total. The molecule has 0 aliphatic carbocycles. The number of carbonyl (C=O) groups is 1. The third-order valence-electron chi connectivity index (χ3n) is 6.06. The number of aromatic amines is 1. The Morgan fingerprint density at radius 1 is 1.30 bits per heavy atom. The minimum atomic E-state index is -0.569. The Labute approximate surface area is 173 Å². The van der Waals surface area contributed by atoms with E-state index in [0.29, 0.717) is 30.5 Å². The van der Waals surface area contributed by atoms with Crippen LogP contribution in [0.4, 0.5) is 8.78 Å². The third-order valence-corrected chi connectivity index (χ3v) is 6.06. The van der Waals surface area contributed by atoms with Gasteiger partial charge in [-0.15, -0.1) is 0 Å². The number of benzene rings is 2. The molecule has 0 fully saturated rings. The number of fused-ring (bicyclic) bond motifs is 4. The summed E-state index contributed by atoms with van der Waals surface area (Å²) in [5.41, 5.74) is 4.10. The van der Waals surface area contributed by atoms with Gasteiger partial charge in [0.1, 0.15) is 24.0 Å². The molecule has 5 nitrogen and oxygen atoms in total. The molecular formula is C23H23F2N3O2. The smallest absolute Gasteiger partial charge is 0.254 e. The van der Waals surface area contributed by atoms with Gasteiger partial charge in [0.2, 0.25) is 0 Å². The zero-order valence-corrected chi connectivity index (χ0v) is 16.7. The van der Waals surface area contributed by atoms with Gasteiger partial charge in [-0.05, 0) is 49.1 Å². The number of amides is 1. The summed E-state index contributed by atoms with van der Waals surface area (Å²) in [6.45, 7) is 1.95. The van der Waals surface area contributed by atoms with Crippen LogP contribution in [0.25, 0.3) is 10.9 Å². The summed E-state index contributed by atoms with van der Waals surface area (Å²) < 4.78 is 33.3. The van der Waals surface area contributed by atoms with Crippen molar-refractivity contribution in [3.63, 3.8) is 0 Å². The van der Waals surface area contributed by atoms with Crippen LogP contribution in [0, 0.1) is 11.6 Å². The van der Waals surface area contributed by atoms with Crippen LogP contribution >= 0.6 is 0 Å². The lowest BCUT2D eigenvalue weighted by Gasteiger charge is -2.27. The van der Waals surface area contributed by atoms with Crippen molar-refractivity contribution in [3.05, 3.63) is 64.4 Å². The summed E-state index contributed by atoms with van der Waals surface area (Å²) in [6.07, 6.45) is 4.03. The van der Waals surface area contributed by atoms with Crippen molar-refractivity contribution < 1.29 is 18.3 Å². The highest BCUT2D eigenvalue weighted by Crippen LogP contribution is 2.34. The van der Waals surface area contributed by atoms with E-state index < -0.39 is 11.6 Å². The van der Waals surface area contributed by atoms with Crippen molar-refractivity contribution in [2.24, 2.45) is 0 Å². The highest BCUT2D eigenvalue weighted by atomic mass is 19.1. The molecule has 156 valence electrons.